The number of amides is 2. The molecule has 1 saturated heterocycles. The van der Waals surface area contributed by atoms with Gasteiger partial charge in [0.1, 0.15) is 0 Å². The van der Waals surface area contributed by atoms with Crippen molar-refractivity contribution in [2.24, 2.45) is 5.73 Å². The van der Waals surface area contributed by atoms with Crippen LogP contribution in [-0.4, -0.2) is 29.3 Å². The van der Waals surface area contributed by atoms with Crippen LogP contribution in [0.15, 0.2) is 48.5 Å². The van der Waals surface area contributed by atoms with Crippen LogP contribution in [0.3, 0.4) is 0 Å². The first-order valence-electron chi connectivity index (χ1n) is 10.1. The number of primary amides is 1. The van der Waals surface area contributed by atoms with Gasteiger partial charge in [0.2, 0.25) is 11.8 Å². The van der Waals surface area contributed by atoms with Gasteiger partial charge in [0.25, 0.3) is 0 Å². The van der Waals surface area contributed by atoms with Gasteiger partial charge in [0.05, 0.1) is 12.0 Å². The van der Waals surface area contributed by atoms with Crippen molar-refractivity contribution in [2.45, 2.75) is 50.6 Å². The molecule has 1 fully saturated rings. The first-order chi connectivity index (χ1) is 13.6. The van der Waals surface area contributed by atoms with E-state index in [1.165, 1.54) is 5.56 Å². The van der Waals surface area contributed by atoms with Crippen molar-refractivity contribution in [3.05, 3.63) is 65.2 Å². The molecule has 0 spiro atoms. The van der Waals surface area contributed by atoms with E-state index in [9.17, 15) is 9.59 Å². The highest BCUT2D eigenvalue weighted by Crippen LogP contribution is 2.32. The van der Waals surface area contributed by atoms with E-state index in [0.29, 0.717) is 6.54 Å². The monoisotopic (exact) mass is 377 g/mol. The molecule has 1 aliphatic heterocycles. The summed E-state index contributed by atoms with van der Waals surface area (Å²) in [7, 11) is 0. The second kappa shape index (κ2) is 8.15. The van der Waals surface area contributed by atoms with Crippen LogP contribution < -0.4 is 11.1 Å². The molecule has 146 valence electrons. The number of hydrogen-bond donors (Lipinski definition) is 2. The zero-order valence-corrected chi connectivity index (χ0v) is 16.1. The summed E-state index contributed by atoms with van der Waals surface area (Å²) in [5.41, 5.74) is 9.85. The number of benzene rings is 2. The van der Waals surface area contributed by atoms with Crippen molar-refractivity contribution in [3.8, 4) is 0 Å². The Labute approximate surface area is 165 Å². The Hall–Kier alpha value is -2.66. The molecule has 2 aliphatic rings. The molecule has 2 amide bonds. The van der Waals surface area contributed by atoms with Gasteiger partial charge in [-0.05, 0) is 67.5 Å². The minimum absolute atomic E-state index is 0.0560. The maximum atomic E-state index is 12.9. The Balaban J connectivity index is 1.45. The number of carbonyl (C=O) groups excluding carboxylic acids is 2. The number of fused-ring (bicyclic) bond motifs is 1. The van der Waals surface area contributed by atoms with Crippen molar-refractivity contribution < 1.29 is 9.59 Å². The predicted octanol–water partition coefficient (Wildman–Crippen LogP) is 3.19. The summed E-state index contributed by atoms with van der Waals surface area (Å²) in [4.78, 5) is 26.7. The molecule has 0 aromatic heterocycles. The summed E-state index contributed by atoms with van der Waals surface area (Å²) in [6.07, 6.45) is 4.79. The molecule has 1 heterocycles. The van der Waals surface area contributed by atoms with E-state index in [4.69, 9.17) is 5.73 Å². The number of nitrogens with two attached hydrogens (primary N) is 1. The first kappa shape index (κ1) is 18.7. The molecule has 0 bridgehead atoms. The molecular weight excluding hydrogens is 350 g/mol. The smallest absolute Gasteiger partial charge is 0.234 e. The van der Waals surface area contributed by atoms with Crippen molar-refractivity contribution in [1.29, 1.82) is 0 Å². The van der Waals surface area contributed by atoms with Crippen LogP contribution in [0.25, 0.3) is 0 Å². The Morgan fingerprint density at radius 3 is 2.79 bits per heavy atom. The van der Waals surface area contributed by atoms with Gasteiger partial charge in [-0.2, -0.15) is 0 Å². The van der Waals surface area contributed by atoms with Gasteiger partial charge in [-0.1, -0.05) is 36.4 Å². The highest BCUT2D eigenvalue weighted by molar-refractivity contribution is 5.96. The topological polar surface area (TPSA) is 75.4 Å². The zero-order valence-electron chi connectivity index (χ0n) is 16.1. The van der Waals surface area contributed by atoms with E-state index in [0.717, 1.165) is 55.5 Å². The highest BCUT2D eigenvalue weighted by atomic mass is 16.2. The molecule has 2 aromatic carbocycles. The Kier molecular flexibility index (Phi) is 5.44. The summed E-state index contributed by atoms with van der Waals surface area (Å²) < 4.78 is 0. The second-order valence-electron chi connectivity index (χ2n) is 7.86. The van der Waals surface area contributed by atoms with E-state index >= 15 is 0 Å². The van der Waals surface area contributed by atoms with Crippen molar-refractivity contribution in [1.82, 2.24) is 4.90 Å². The van der Waals surface area contributed by atoms with Crippen molar-refractivity contribution in [3.63, 3.8) is 0 Å². The van der Waals surface area contributed by atoms with Crippen LogP contribution >= 0.6 is 0 Å². The number of nitrogens with zero attached hydrogens (tertiary/aromatic N) is 1. The number of nitrogens with one attached hydrogen (secondary N) is 1. The van der Waals surface area contributed by atoms with Gasteiger partial charge < -0.3 is 11.1 Å². The van der Waals surface area contributed by atoms with Gasteiger partial charge in [-0.15, -0.1) is 0 Å². The van der Waals surface area contributed by atoms with E-state index in [1.54, 1.807) is 0 Å². The standard InChI is InChI=1S/C23H27N3O2/c24-22(27)21-12-5-13-26(21)15-16-6-3-9-18(14-16)25-23(28)20-11-4-8-17-7-1-2-10-19(17)20/h1-3,6-7,9-10,14,20-21H,4-5,8,11-13,15H2,(H2,24,27)(H,25,28). The van der Waals surface area contributed by atoms with Crippen LogP contribution in [-0.2, 0) is 22.6 Å². The van der Waals surface area contributed by atoms with Gasteiger partial charge >= 0.3 is 0 Å². The third kappa shape index (κ3) is 3.94. The van der Waals surface area contributed by atoms with Gasteiger partial charge in [0, 0.05) is 12.2 Å². The third-order valence-corrected chi connectivity index (χ3v) is 5.96. The van der Waals surface area contributed by atoms with Crippen LogP contribution in [0.1, 0.15) is 48.3 Å². The maximum absolute atomic E-state index is 12.9. The van der Waals surface area contributed by atoms with E-state index in [1.807, 2.05) is 36.4 Å². The molecule has 3 N–H and O–H groups in total. The quantitative estimate of drug-likeness (QED) is 0.840. The first-order valence-corrected chi connectivity index (χ1v) is 10.1. The summed E-state index contributed by atoms with van der Waals surface area (Å²) >= 11 is 0. The largest absolute Gasteiger partial charge is 0.368 e. The summed E-state index contributed by atoms with van der Waals surface area (Å²) in [5, 5.41) is 3.10. The molecule has 2 atom stereocenters. The number of carbonyl (C=O) groups is 2. The molecule has 28 heavy (non-hydrogen) atoms. The lowest BCUT2D eigenvalue weighted by atomic mass is 9.82. The predicted molar refractivity (Wildman–Crippen MR) is 110 cm³/mol. The van der Waals surface area contributed by atoms with Gasteiger partial charge in [-0.25, -0.2) is 0 Å². The lowest BCUT2D eigenvalue weighted by molar-refractivity contribution is -0.122. The van der Waals surface area contributed by atoms with Crippen LogP contribution in [0.5, 0.6) is 0 Å². The fourth-order valence-corrected chi connectivity index (χ4v) is 4.58. The molecule has 2 unspecified atom stereocenters. The lowest BCUT2D eigenvalue weighted by Crippen LogP contribution is -2.39. The SMILES string of the molecule is NC(=O)C1CCCN1Cc1cccc(NC(=O)C2CCCc3ccccc32)c1. The molecule has 0 radical (unpaired) electrons. The molecule has 5 nitrogen and oxygen atoms in total. The molecule has 1 aliphatic carbocycles. The Bertz CT molecular complexity index is 880. The van der Waals surface area contributed by atoms with Gasteiger partial charge in [-0.3, -0.25) is 14.5 Å². The molecule has 2 aromatic rings. The maximum Gasteiger partial charge on any atom is 0.234 e. The van der Waals surface area contributed by atoms with Crippen LogP contribution in [0.4, 0.5) is 5.69 Å². The fourth-order valence-electron chi connectivity index (χ4n) is 4.58. The summed E-state index contributed by atoms with van der Waals surface area (Å²) in [5.74, 6) is -0.287. The normalized spacial score (nSPS) is 21.9. The average Bonchev–Trinajstić information content (AvgIpc) is 3.16. The molecule has 0 saturated carbocycles. The highest BCUT2D eigenvalue weighted by Gasteiger charge is 2.29. The number of aryl methyl sites for hydroxylation is 1. The zero-order chi connectivity index (χ0) is 19.5. The summed E-state index contributed by atoms with van der Waals surface area (Å²) in [6, 6.07) is 16.0. The number of anilines is 1. The second-order valence-corrected chi connectivity index (χ2v) is 7.86. The fraction of sp³-hybridized carbons (Fsp3) is 0.391. The molecular formula is C23H27N3O2. The Morgan fingerprint density at radius 1 is 1.07 bits per heavy atom. The van der Waals surface area contributed by atoms with E-state index in [2.05, 4.69) is 22.3 Å². The molecule has 5 heteroatoms. The van der Waals surface area contributed by atoms with E-state index < -0.39 is 0 Å². The van der Waals surface area contributed by atoms with Gasteiger partial charge in [0.15, 0.2) is 0 Å². The van der Waals surface area contributed by atoms with Crippen LogP contribution in [0.2, 0.25) is 0 Å². The number of hydrogen-bond acceptors (Lipinski definition) is 3. The number of rotatable bonds is 5. The van der Waals surface area contributed by atoms with Crippen molar-refractivity contribution >= 4 is 17.5 Å². The number of likely N-dealkylation sites (tertiary alicyclic amines) is 1. The Morgan fingerprint density at radius 2 is 1.93 bits per heavy atom. The molecule has 4 rings (SSSR count). The summed E-state index contributed by atoms with van der Waals surface area (Å²) in [6.45, 7) is 1.55. The van der Waals surface area contributed by atoms with Crippen molar-refractivity contribution in [2.75, 3.05) is 11.9 Å². The minimum Gasteiger partial charge on any atom is -0.368 e. The minimum atomic E-state index is -0.252. The third-order valence-electron chi connectivity index (χ3n) is 5.96. The lowest BCUT2D eigenvalue weighted by Gasteiger charge is -2.25. The van der Waals surface area contributed by atoms with Crippen LogP contribution in [0, 0.1) is 0 Å². The average molecular weight is 377 g/mol. The van der Waals surface area contributed by atoms with E-state index in [-0.39, 0.29) is 23.8 Å².